The molecular formula is C18H19FN2O3S2. The fraction of sp³-hybridized carbons (Fsp3) is 0.333. The number of piperidine rings is 1. The molecule has 2 aromatic heterocycles. The van der Waals surface area contributed by atoms with E-state index in [1.54, 1.807) is 18.2 Å². The summed E-state index contributed by atoms with van der Waals surface area (Å²) in [5, 5.41) is 3.63. The fourth-order valence-corrected chi connectivity index (χ4v) is 5.68. The number of aromatic nitrogens is 1. The van der Waals surface area contributed by atoms with E-state index in [1.807, 2.05) is 6.07 Å². The Morgan fingerprint density at radius 3 is 2.85 bits per heavy atom. The molecule has 4 rings (SSSR count). The van der Waals surface area contributed by atoms with Crippen LogP contribution in [0, 0.1) is 5.13 Å². The van der Waals surface area contributed by atoms with E-state index in [1.165, 1.54) is 29.1 Å². The Morgan fingerprint density at radius 2 is 2.12 bits per heavy atom. The van der Waals surface area contributed by atoms with Crippen LogP contribution in [-0.2, 0) is 10.0 Å². The molecule has 8 heteroatoms. The summed E-state index contributed by atoms with van der Waals surface area (Å²) < 4.78 is 46.0. The molecule has 1 atom stereocenters. The maximum Gasteiger partial charge on any atom is 0.277 e. The van der Waals surface area contributed by atoms with Crippen LogP contribution in [0.3, 0.4) is 0 Å². The van der Waals surface area contributed by atoms with Crippen molar-refractivity contribution in [1.29, 1.82) is 0 Å². The normalized spacial score (nSPS) is 18.3. The SMILES string of the molecule is O=S(=O)(c1ccc(F)s1)n1ccc2c(OCC3CCCCN3)cccc21. The summed E-state index contributed by atoms with van der Waals surface area (Å²) >= 11 is 0.620. The molecule has 0 bridgehead atoms. The number of benzene rings is 1. The van der Waals surface area contributed by atoms with Gasteiger partial charge in [0.25, 0.3) is 10.0 Å². The Morgan fingerprint density at radius 1 is 1.23 bits per heavy atom. The zero-order chi connectivity index (χ0) is 18.1. The first-order valence-electron chi connectivity index (χ1n) is 8.53. The van der Waals surface area contributed by atoms with Gasteiger partial charge in [0.15, 0.2) is 5.13 Å². The Balaban J connectivity index is 1.64. The molecule has 0 saturated carbocycles. The van der Waals surface area contributed by atoms with Gasteiger partial charge in [-0.2, -0.15) is 12.8 Å². The van der Waals surface area contributed by atoms with Crippen molar-refractivity contribution >= 4 is 32.3 Å². The predicted molar refractivity (Wildman–Crippen MR) is 99.9 cm³/mol. The minimum absolute atomic E-state index is 0.0229. The number of hydrogen-bond acceptors (Lipinski definition) is 5. The van der Waals surface area contributed by atoms with Crippen LogP contribution in [0.4, 0.5) is 4.39 Å². The van der Waals surface area contributed by atoms with Gasteiger partial charge < -0.3 is 10.1 Å². The first-order chi connectivity index (χ1) is 12.6. The van der Waals surface area contributed by atoms with E-state index in [9.17, 15) is 12.8 Å². The highest BCUT2D eigenvalue weighted by molar-refractivity contribution is 7.92. The number of rotatable bonds is 5. The van der Waals surface area contributed by atoms with Crippen molar-refractivity contribution in [3.05, 3.63) is 47.7 Å². The van der Waals surface area contributed by atoms with Crippen LogP contribution in [0.25, 0.3) is 10.9 Å². The molecule has 0 aliphatic carbocycles. The van der Waals surface area contributed by atoms with E-state index in [0.29, 0.717) is 35.3 Å². The van der Waals surface area contributed by atoms with Crippen molar-refractivity contribution in [3.8, 4) is 5.75 Å². The van der Waals surface area contributed by atoms with Gasteiger partial charge in [-0.05, 0) is 49.7 Å². The number of fused-ring (bicyclic) bond motifs is 1. The van der Waals surface area contributed by atoms with Crippen molar-refractivity contribution < 1.29 is 17.5 Å². The van der Waals surface area contributed by atoms with Gasteiger partial charge in [-0.3, -0.25) is 0 Å². The smallest absolute Gasteiger partial charge is 0.277 e. The number of halogens is 1. The standard InChI is InChI=1S/C18H19FN2O3S2/c19-17-7-8-18(25-17)26(22,23)21-11-9-14-15(21)5-3-6-16(14)24-12-13-4-1-2-10-20-13/h3,5-9,11,13,20H,1-2,4,10,12H2. The molecule has 3 aromatic rings. The van der Waals surface area contributed by atoms with E-state index in [-0.39, 0.29) is 4.21 Å². The summed E-state index contributed by atoms with van der Waals surface area (Å²) in [5.74, 6) is 0.654. The third-order valence-electron chi connectivity index (χ3n) is 4.57. The maximum absolute atomic E-state index is 13.3. The monoisotopic (exact) mass is 394 g/mol. The van der Waals surface area contributed by atoms with Crippen molar-refractivity contribution in [2.45, 2.75) is 29.5 Å². The highest BCUT2D eigenvalue weighted by Crippen LogP contribution is 2.31. The molecule has 138 valence electrons. The van der Waals surface area contributed by atoms with Gasteiger partial charge in [0.2, 0.25) is 0 Å². The van der Waals surface area contributed by atoms with Crippen LogP contribution < -0.4 is 10.1 Å². The highest BCUT2D eigenvalue weighted by Gasteiger charge is 2.22. The number of thiophene rings is 1. The minimum atomic E-state index is -3.83. The lowest BCUT2D eigenvalue weighted by Crippen LogP contribution is -2.38. The van der Waals surface area contributed by atoms with Gasteiger partial charge in [0.05, 0.1) is 5.52 Å². The summed E-state index contributed by atoms with van der Waals surface area (Å²) in [6, 6.07) is 9.83. The van der Waals surface area contributed by atoms with Crippen molar-refractivity contribution in [1.82, 2.24) is 9.29 Å². The van der Waals surface area contributed by atoms with Gasteiger partial charge >= 0.3 is 0 Å². The van der Waals surface area contributed by atoms with Crippen LogP contribution in [-0.4, -0.2) is 31.6 Å². The summed E-state index contributed by atoms with van der Waals surface area (Å²) in [6.45, 7) is 1.55. The Kier molecular flexibility index (Phi) is 4.73. The van der Waals surface area contributed by atoms with E-state index < -0.39 is 15.2 Å². The van der Waals surface area contributed by atoms with E-state index >= 15 is 0 Å². The molecule has 1 unspecified atom stereocenters. The molecule has 5 nitrogen and oxygen atoms in total. The quantitative estimate of drug-likeness (QED) is 0.718. The Bertz CT molecular complexity index is 1020. The number of nitrogens with one attached hydrogen (secondary N) is 1. The molecule has 0 spiro atoms. The average molecular weight is 394 g/mol. The predicted octanol–water partition coefficient (Wildman–Crippen LogP) is 3.60. The highest BCUT2D eigenvalue weighted by atomic mass is 32.2. The Hall–Kier alpha value is -1.90. The minimum Gasteiger partial charge on any atom is -0.491 e. The molecule has 1 saturated heterocycles. The summed E-state index contributed by atoms with van der Waals surface area (Å²) in [6.07, 6.45) is 4.95. The molecule has 1 N–H and O–H groups in total. The molecule has 1 aliphatic heterocycles. The molecule has 0 amide bonds. The first-order valence-corrected chi connectivity index (χ1v) is 10.8. The lowest BCUT2D eigenvalue weighted by Gasteiger charge is -2.23. The fourth-order valence-electron chi connectivity index (χ4n) is 3.24. The van der Waals surface area contributed by atoms with Gasteiger partial charge in [-0.25, -0.2) is 3.97 Å². The van der Waals surface area contributed by atoms with Gasteiger partial charge in [-0.15, -0.1) is 0 Å². The Labute approximate surface area is 155 Å². The van der Waals surface area contributed by atoms with Crippen LogP contribution in [0.1, 0.15) is 19.3 Å². The second-order valence-corrected chi connectivity index (χ2v) is 9.40. The van der Waals surface area contributed by atoms with Crippen LogP contribution in [0.15, 0.2) is 46.8 Å². The molecular weight excluding hydrogens is 375 g/mol. The third kappa shape index (κ3) is 3.24. The summed E-state index contributed by atoms with van der Waals surface area (Å²) in [4.78, 5) is 0. The van der Waals surface area contributed by atoms with Crippen molar-refractivity contribution in [2.24, 2.45) is 0 Å². The lowest BCUT2D eigenvalue weighted by molar-refractivity contribution is 0.241. The van der Waals surface area contributed by atoms with Gasteiger partial charge in [0, 0.05) is 17.6 Å². The van der Waals surface area contributed by atoms with Crippen LogP contribution in [0.2, 0.25) is 0 Å². The van der Waals surface area contributed by atoms with E-state index in [4.69, 9.17) is 4.74 Å². The zero-order valence-electron chi connectivity index (χ0n) is 14.0. The van der Waals surface area contributed by atoms with Gasteiger partial charge in [-0.1, -0.05) is 23.8 Å². The topological polar surface area (TPSA) is 60.3 Å². The number of hydrogen-bond donors (Lipinski definition) is 1. The van der Waals surface area contributed by atoms with E-state index in [2.05, 4.69) is 5.32 Å². The summed E-state index contributed by atoms with van der Waals surface area (Å²) in [7, 11) is -3.83. The lowest BCUT2D eigenvalue weighted by atomic mass is 10.1. The van der Waals surface area contributed by atoms with Crippen molar-refractivity contribution in [2.75, 3.05) is 13.2 Å². The second-order valence-electron chi connectivity index (χ2n) is 6.32. The van der Waals surface area contributed by atoms with E-state index in [0.717, 1.165) is 24.4 Å². The number of nitrogens with zero attached hydrogens (tertiary/aromatic N) is 1. The molecule has 0 radical (unpaired) electrons. The first kappa shape index (κ1) is 17.5. The zero-order valence-corrected chi connectivity index (χ0v) is 15.7. The van der Waals surface area contributed by atoms with Crippen LogP contribution >= 0.6 is 11.3 Å². The number of ether oxygens (including phenoxy) is 1. The van der Waals surface area contributed by atoms with Gasteiger partial charge in [0.1, 0.15) is 16.6 Å². The average Bonchev–Trinajstić information content (AvgIpc) is 3.28. The molecule has 26 heavy (non-hydrogen) atoms. The largest absolute Gasteiger partial charge is 0.491 e. The van der Waals surface area contributed by atoms with Crippen molar-refractivity contribution in [3.63, 3.8) is 0 Å². The van der Waals surface area contributed by atoms with Crippen LogP contribution in [0.5, 0.6) is 5.75 Å². The second kappa shape index (κ2) is 7.02. The molecule has 3 heterocycles. The molecule has 1 fully saturated rings. The molecule has 1 aromatic carbocycles. The molecule has 1 aliphatic rings. The maximum atomic E-state index is 13.3. The summed E-state index contributed by atoms with van der Waals surface area (Å²) in [5.41, 5.74) is 0.521. The third-order valence-corrected chi connectivity index (χ3v) is 7.60.